The minimum absolute atomic E-state index is 0.522. The van der Waals surface area contributed by atoms with Crippen molar-refractivity contribution in [2.45, 2.75) is 13.5 Å². The van der Waals surface area contributed by atoms with Crippen molar-refractivity contribution in [3.63, 3.8) is 0 Å². The number of aromatic nitrogens is 4. The number of rotatable bonds is 3. The Kier molecular flexibility index (Phi) is 2.25. The van der Waals surface area contributed by atoms with Gasteiger partial charge in [-0.15, -0.1) is 0 Å². The molecule has 3 heterocycles. The molecule has 0 amide bonds. The highest BCUT2D eigenvalue weighted by molar-refractivity contribution is 5.49. The Labute approximate surface area is 97.3 Å². The normalized spacial score (nSPS) is 10.9. The van der Waals surface area contributed by atoms with Crippen molar-refractivity contribution in [2.24, 2.45) is 0 Å². The summed E-state index contributed by atoms with van der Waals surface area (Å²) in [5, 5.41) is 7.07. The molecule has 1 N–H and O–H groups in total. The maximum absolute atomic E-state index is 4.91. The van der Waals surface area contributed by atoms with Gasteiger partial charge in [0.1, 0.15) is 11.5 Å². The Morgan fingerprint density at radius 2 is 2.35 bits per heavy atom. The first kappa shape index (κ1) is 9.83. The van der Waals surface area contributed by atoms with Crippen LogP contribution in [-0.4, -0.2) is 19.5 Å². The third-order valence-corrected chi connectivity index (χ3v) is 2.43. The van der Waals surface area contributed by atoms with Gasteiger partial charge in [0.15, 0.2) is 5.82 Å². The standard InChI is InChI=1S/C11H11N5O/c1-8-14-9(15-17-8)7-13-11-4-2-3-10-12-5-6-16(10)11/h2-6,13H,7H2,1H3. The summed E-state index contributed by atoms with van der Waals surface area (Å²) in [4.78, 5) is 8.34. The summed E-state index contributed by atoms with van der Waals surface area (Å²) in [6.07, 6.45) is 3.66. The molecule has 3 aromatic heterocycles. The number of hydrogen-bond donors (Lipinski definition) is 1. The van der Waals surface area contributed by atoms with Crippen molar-refractivity contribution in [1.82, 2.24) is 19.5 Å². The van der Waals surface area contributed by atoms with Gasteiger partial charge in [-0.25, -0.2) is 4.98 Å². The van der Waals surface area contributed by atoms with Gasteiger partial charge >= 0.3 is 0 Å². The average molecular weight is 229 g/mol. The zero-order valence-corrected chi connectivity index (χ0v) is 9.29. The molecule has 17 heavy (non-hydrogen) atoms. The van der Waals surface area contributed by atoms with Crippen LogP contribution < -0.4 is 5.32 Å². The molecule has 3 rings (SSSR count). The molecular formula is C11H11N5O. The van der Waals surface area contributed by atoms with Gasteiger partial charge in [-0.05, 0) is 12.1 Å². The lowest BCUT2D eigenvalue weighted by Gasteiger charge is -2.06. The molecule has 6 heteroatoms. The summed E-state index contributed by atoms with van der Waals surface area (Å²) in [7, 11) is 0. The largest absolute Gasteiger partial charge is 0.364 e. The Morgan fingerprint density at radius 3 is 3.18 bits per heavy atom. The fourth-order valence-electron chi connectivity index (χ4n) is 1.67. The molecule has 0 fully saturated rings. The summed E-state index contributed by atoms with van der Waals surface area (Å²) >= 11 is 0. The van der Waals surface area contributed by atoms with Gasteiger partial charge in [-0.3, -0.25) is 4.40 Å². The van der Waals surface area contributed by atoms with Crippen molar-refractivity contribution < 1.29 is 4.52 Å². The van der Waals surface area contributed by atoms with Crippen LogP contribution in [-0.2, 0) is 6.54 Å². The SMILES string of the molecule is Cc1nc(CNc2cccc3nccn23)no1. The van der Waals surface area contributed by atoms with E-state index in [0.717, 1.165) is 11.5 Å². The maximum Gasteiger partial charge on any atom is 0.223 e. The van der Waals surface area contributed by atoms with Gasteiger partial charge in [-0.1, -0.05) is 11.2 Å². The molecular weight excluding hydrogens is 218 g/mol. The van der Waals surface area contributed by atoms with Gasteiger partial charge in [-0.2, -0.15) is 4.98 Å². The fraction of sp³-hybridized carbons (Fsp3) is 0.182. The number of anilines is 1. The van der Waals surface area contributed by atoms with Crippen LogP contribution >= 0.6 is 0 Å². The van der Waals surface area contributed by atoms with Crippen LogP contribution in [0, 0.1) is 6.92 Å². The smallest absolute Gasteiger partial charge is 0.223 e. The first-order valence-electron chi connectivity index (χ1n) is 5.28. The Hall–Kier alpha value is -2.37. The van der Waals surface area contributed by atoms with Gasteiger partial charge in [0, 0.05) is 19.3 Å². The van der Waals surface area contributed by atoms with E-state index in [4.69, 9.17) is 4.52 Å². The highest BCUT2D eigenvalue weighted by atomic mass is 16.5. The van der Waals surface area contributed by atoms with Gasteiger partial charge in [0.2, 0.25) is 5.89 Å². The van der Waals surface area contributed by atoms with E-state index in [1.54, 1.807) is 13.1 Å². The number of pyridine rings is 1. The number of nitrogens with one attached hydrogen (secondary N) is 1. The number of nitrogens with zero attached hydrogens (tertiary/aromatic N) is 4. The fourth-order valence-corrected chi connectivity index (χ4v) is 1.67. The molecule has 3 aromatic rings. The molecule has 6 nitrogen and oxygen atoms in total. The molecule has 0 aliphatic carbocycles. The quantitative estimate of drug-likeness (QED) is 0.739. The predicted octanol–water partition coefficient (Wildman–Crippen LogP) is 1.64. The second kappa shape index (κ2) is 3.89. The second-order valence-corrected chi connectivity index (χ2v) is 3.65. The molecule has 0 bridgehead atoms. The molecule has 0 radical (unpaired) electrons. The molecule has 0 saturated heterocycles. The van der Waals surface area contributed by atoms with Crippen molar-refractivity contribution in [2.75, 3.05) is 5.32 Å². The number of imidazole rings is 1. The summed E-state index contributed by atoms with van der Waals surface area (Å²) in [5.41, 5.74) is 0.902. The van der Waals surface area contributed by atoms with Crippen LogP contribution in [0.5, 0.6) is 0 Å². The van der Waals surface area contributed by atoms with Crippen molar-refractivity contribution in [3.05, 3.63) is 42.3 Å². The van der Waals surface area contributed by atoms with E-state index < -0.39 is 0 Å². The Morgan fingerprint density at radius 1 is 1.41 bits per heavy atom. The van der Waals surface area contributed by atoms with E-state index in [1.165, 1.54) is 0 Å². The summed E-state index contributed by atoms with van der Waals surface area (Å²) in [6.45, 7) is 2.29. The first-order valence-corrected chi connectivity index (χ1v) is 5.28. The molecule has 0 aliphatic rings. The zero-order valence-electron chi connectivity index (χ0n) is 9.29. The lowest BCUT2D eigenvalue weighted by atomic mass is 10.4. The van der Waals surface area contributed by atoms with Crippen LogP contribution in [0.25, 0.3) is 5.65 Å². The van der Waals surface area contributed by atoms with Crippen molar-refractivity contribution in [1.29, 1.82) is 0 Å². The number of fused-ring (bicyclic) bond motifs is 1. The van der Waals surface area contributed by atoms with Crippen molar-refractivity contribution in [3.8, 4) is 0 Å². The molecule has 0 unspecified atom stereocenters. The van der Waals surface area contributed by atoms with Crippen LogP contribution in [0.1, 0.15) is 11.7 Å². The first-order chi connectivity index (χ1) is 8.33. The number of aryl methyl sites for hydroxylation is 1. The third kappa shape index (κ3) is 1.84. The lowest BCUT2D eigenvalue weighted by Crippen LogP contribution is -2.04. The van der Waals surface area contributed by atoms with Crippen LogP contribution in [0.3, 0.4) is 0 Å². The predicted molar refractivity (Wildman–Crippen MR) is 61.6 cm³/mol. The van der Waals surface area contributed by atoms with Gasteiger partial charge < -0.3 is 9.84 Å². The lowest BCUT2D eigenvalue weighted by molar-refractivity contribution is 0.388. The van der Waals surface area contributed by atoms with E-state index in [9.17, 15) is 0 Å². The maximum atomic E-state index is 4.91. The third-order valence-electron chi connectivity index (χ3n) is 2.43. The summed E-state index contributed by atoms with van der Waals surface area (Å²) in [5.74, 6) is 2.16. The minimum atomic E-state index is 0.522. The molecule has 0 saturated carbocycles. The van der Waals surface area contributed by atoms with Crippen LogP contribution in [0.2, 0.25) is 0 Å². The Balaban J connectivity index is 1.83. The van der Waals surface area contributed by atoms with Gasteiger partial charge in [0.05, 0.1) is 6.54 Å². The average Bonchev–Trinajstić information content (AvgIpc) is 2.94. The molecule has 0 spiro atoms. The zero-order chi connectivity index (χ0) is 11.7. The highest BCUT2D eigenvalue weighted by Gasteiger charge is 2.03. The molecule has 0 aliphatic heterocycles. The monoisotopic (exact) mass is 229 g/mol. The van der Waals surface area contributed by atoms with E-state index >= 15 is 0 Å². The second-order valence-electron chi connectivity index (χ2n) is 3.65. The van der Waals surface area contributed by atoms with E-state index in [2.05, 4.69) is 20.4 Å². The molecule has 0 atom stereocenters. The molecule has 86 valence electrons. The van der Waals surface area contributed by atoms with Gasteiger partial charge in [0.25, 0.3) is 0 Å². The van der Waals surface area contributed by atoms with E-state index in [1.807, 2.05) is 28.8 Å². The van der Waals surface area contributed by atoms with E-state index in [0.29, 0.717) is 18.3 Å². The highest BCUT2D eigenvalue weighted by Crippen LogP contribution is 2.11. The summed E-state index contributed by atoms with van der Waals surface area (Å²) in [6, 6.07) is 5.87. The Bertz CT molecular complexity index is 642. The topological polar surface area (TPSA) is 68.2 Å². The van der Waals surface area contributed by atoms with Crippen LogP contribution in [0.4, 0.5) is 5.82 Å². The number of hydrogen-bond acceptors (Lipinski definition) is 5. The summed E-state index contributed by atoms with van der Waals surface area (Å²) < 4.78 is 6.87. The van der Waals surface area contributed by atoms with Crippen molar-refractivity contribution >= 4 is 11.5 Å². The van der Waals surface area contributed by atoms with Crippen LogP contribution in [0.15, 0.2) is 35.1 Å². The molecule has 0 aromatic carbocycles. The van der Waals surface area contributed by atoms with E-state index in [-0.39, 0.29) is 0 Å². The minimum Gasteiger partial charge on any atom is -0.364 e.